The minimum atomic E-state index is -0.0166. The smallest absolute Gasteiger partial charge is 0.321 e. The highest BCUT2D eigenvalue weighted by atomic mass is 16.2. The standard InChI is InChI=1S/C15H24N4O/c1-3-14-11-19(9-8-18(14)2)15(20)17-13-6-4-12(10-16)5-7-13/h4-7,14H,3,8-11,16H2,1-2H3,(H,17,20). The van der Waals surface area contributed by atoms with Gasteiger partial charge in [-0.25, -0.2) is 4.79 Å². The normalized spacial score (nSPS) is 19.9. The van der Waals surface area contributed by atoms with Crippen LogP contribution in [0.4, 0.5) is 10.5 Å². The Kier molecular flexibility index (Phi) is 4.98. The summed E-state index contributed by atoms with van der Waals surface area (Å²) in [6.07, 6.45) is 1.06. The van der Waals surface area contributed by atoms with Crippen LogP contribution in [0.15, 0.2) is 24.3 Å². The number of piperazine rings is 1. The third-order valence-electron chi connectivity index (χ3n) is 3.98. The maximum Gasteiger partial charge on any atom is 0.321 e. The van der Waals surface area contributed by atoms with Crippen molar-refractivity contribution in [3.63, 3.8) is 0 Å². The quantitative estimate of drug-likeness (QED) is 0.883. The summed E-state index contributed by atoms with van der Waals surface area (Å²) in [5.74, 6) is 0. The van der Waals surface area contributed by atoms with Gasteiger partial charge >= 0.3 is 6.03 Å². The van der Waals surface area contributed by atoms with E-state index in [0.717, 1.165) is 37.3 Å². The molecule has 1 aliphatic heterocycles. The molecule has 2 rings (SSSR count). The van der Waals surface area contributed by atoms with Gasteiger partial charge in [0.15, 0.2) is 0 Å². The second-order valence-electron chi connectivity index (χ2n) is 5.32. The van der Waals surface area contributed by atoms with Gasteiger partial charge in [-0.2, -0.15) is 0 Å². The van der Waals surface area contributed by atoms with Gasteiger partial charge in [-0.3, -0.25) is 4.90 Å². The van der Waals surface area contributed by atoms with Crippen LogP contribution < -0.4 is 11.1 Å². The Hall–Kier alpha value is -1.59. The van der Waals surface area contributed by atoms with Crippen molar-refractivity contribution in [2.45, 2.75) is 25.9 Å². The highest BCUT2D eigenvalue weighted by Gasteiger charge is 2.25. The second kappa shape index (κ2) is 6.72. The number of nitrogens with zero attached hydrogens (tertiary/aromatic N) is 2. The van der Waals surface area contributed by atoms with E-state index in [1.54, 1.807) is 0 Å². The first-order valence-corrected chi connectivity index (χ1v) is 7.19. The Bertz CT molecular complexity index is 446. The molecule has 0 bridgehead atoms. The van der Waals surface area contributed by atoms with E-state index in [0.29, 0.717) is 12.6 Å². The molecule has 1 aromatic rings. The molecule has 1 unspecified atom stereocenters. The molecule has 110 valence electrons. The number of carbonyl (C=O) groups excluding carboxylic acids is 1. The molecule has 5 nitrogen and oxygen atoms in total. The van der Waals surface area contributed by atoms with Crippen molar-refractivity contribution in [2.75, 3.05) is 32.0 Å². The summed E-state index contributed by atoms with van der Waals surface area (Å²) in [5, 5.41) is 2.95. The Morgan fingerprint density at radius 3 is 2.65 bits per heavy atom. The van der Waals surface area contributed by atoms with Gasteiger partial charge in [-0.1, -0.05) is 19.1 Å². The lowest BCUT2D eigenvalue weighted by atomic mass is 10.1. The van der Waals surface area contributed by atoms with Crippen molar-refractivity contribution in [1.82, 2.24) is 9.80 Å². The Labute approximate surface area is 120 Å². The van der Waals surface area contributed by atoms with Crippen LogP contribution >= 0.6 is 0 Å². The summed E-state index contributed by atoms with van der Waals surface area (Å²) in [4.78, 5) is 16.5. The minimum absolute atomic E-state index is 0.0166. The van der Waals surface area contributed by atoms with Gasteiger partial charge in [0.05, 0.1) is 0 Å². The highest BCUT2D eigenvalue weighted by Crippen LogP contribution is 2.14. The second-order valence-corrected chi connectivity index (χ2v) is 5.32. The minimum Gasteiger partial charge on any atom is -0.326 e. The SMILES string of the molecule is CCC1CN(C(=O)Nc2ccc(CN)cc2)CCN1C. The number of hydrogen-bond acceptors (Lipinski definition) is 3. The topological polar surface area (TPSA) is 61.6 Å². The lowest BCUT2D eigenvalue weighted by Gasteiger charge is -2.39. The number of anilines is 1. The predicted molar refractivity (Wildman–Crippen MR) is 81.6 cm³/mol. The summed E-state index contributed by atoms with van der Waals surface area (Å²) in [7, 11) is 2.12. The molecule has 20 heavy (non-hydrogen) atoms. The van der Waals surface area contributed by atoms with E-state index in [1.165, 1.54) is 0 Å². The van der Waals surface area contributed by atoms with Crippen LogP contribution in [0.25, 0.3) is 0 Å². The summed E-state index contributed by atoms with van der Waals surface area (Å²) in [6.45, 7) is 5.18. The summed E-state index contributed by atoms with van der Waals surface area (Å²) < 4.78 is 0. The van der Waals surface area contributed by atoms with Crippen molar-refractivity contribution < 1.29 is 4.79 Å². The molecule has 2 amide bonds. The van der Waals surface area contributed by atoms with Crippen LogP contribution in [0.5, 0.6) is 0 Å². The molecule has 1 atom stereocenters. The highest BCUT2D eigenvalue weighted by molar-refractivity contribution is 5.89. The van der Waals surface area contributed by atoms with Gasteiger partial charge in [-0.05, 0) is 31.2 Å². The zero-order valence-corrected chi connectivity index (χ0v) is 12.3. The van der Waals surface area contributed by atoms with E-state index in [9.17, 15) is 4.79 Å². The Morgan fingerprint density at radius 1 is 1.35 bits per heavy atom. The van der Waals surface area contributed by atoms with Crippen LogP contribution in [-0.2, 0) is 6.54 Å². The number of benzene rings is 1. The van der Waals surface area contributed by atoms with Gasteiger partial charge < -0.3 is 16.0 Å². The van der Waals surface area contributed by atoms with E-state index in [2.05, 4.69) is 24.2 Å². The molecule has 1 saturated heterocycles. The zero-order valence-electron chi connectivity index (χ0n) is 12.3. The molecule has 0 aromatic heterocycles. The molecule has 1 aromatic carbocycles. The fraction of sp³-hybridized carbons (Fsp3) is 0.533. The predicted octanol–water partition coefficient (Wildman–Crippen LogP) is 1.70. The molecular formula is C15H24N4O. The molecule has 0 aliphatic carbocycles. The van der Waals surface area contributed by atoms with Crippen LogP contribution in [0.1, 0.15) is 18.9 Å². The molecule has 1 heterocycles. The maximum absolute atomic E-state index is 12.3. The summed E-state index contributed by atoms with van der Waals surface area (Å²) >= 11 is 0. The van der Waals surface area contributed by atoms with Gasteiger partial charge in [0.25, 0.3) is 0 Å². The van der Waals surface area contributed by atoms with Crippen LogP contribution in [0.3, 0.4) is 0 Å². The Morgan fingerprint density at radius 2 is 2.05 bits per heavy atom. The molecule has 0 spiro atoms. The summed E-state index contributed by atoms with van der Waals surface area (Å²) in [6, 6.07) is 8.11. The third kappa shape index (κ3) is 3.49. The average molecular weight is 276 g/mol. The molecule has 1 aliphatic rings. The van der Waals surface area contributed by atoms with Crippen LogP contribution in [0.2, 0.25) is 0 Å². The van der Waals surface area contributed by atoms with E-state index in [-0.39, 0.29) is 6.03 Å². The Balaban J connectivity index is 1.94. The van der Waals surface area contributed by atoms with Gasteiger partial charge in [-0.15, -0.1) is 0 Å². The number of urea groups is 1. The van der Waals surface area contributed by atoms with E-state index >= 15 is 0 Å². The first-order valence-electron chi connectivity index (χ1n) is 7.19. The van der Waals surface area contributed by atoms with E-state index < -0.39 is 0 Å². The van der Waals surface area contributed by atoms with Crippen molar-refractivity contribution in [1.29, 1.82) is 0 Å². The molecule has 1 fully saturated rings. The van der Waals surface area contributed by atoms with Crippen molar-refractivity contribution >= 4 is 11.7 Å². The molecule has 3 N–H and O–H groups in total. The van der Waals surface area contributed by atoms with E-state index in [4.69, 9.17) is 5.73 Å². The fourth-order valence-electron chi connectivity index (χ4n) is 2.50. The number of likely N-dealkylation sites (N-methyl/N-ethyl adjacent to an activating group) is 1. The number of carbonyl (C=O) groups is 1. The number of hydrogen-bond donors (Lipinski definition) is 2. The molecular weight excluding hydrogens is 252 g/mol. The van der Waals surface area contributed by atoms with Gasteiger partial charge in [0.2, 0.25) is 0 Å². The maximum atomic E-state index is 12.3. The lowest BCUT2D eigenvalue weighted by Crippen LogP contribution is -2.53. The summed E-state index contributed by atoms with van der Waals surface area (Å²) in [5.41, 5.74) is 7.44. The number of rotatable bonds is 3. The number of nitrogens with two attached hydrogens (primary N) is 1. The monoisotopic (exact) mass is 276 g/mol. The van der Waals surface area contributed by atoms with Crippen molar-refractivity contribution in [3.05, 3.63) is 29.8 Å². The zero-order chi connectivity index (χ0) is 14.5. The van der Waals surface area contributed by atoms with Gasteiger partial charge in [0, 0.05) is 37.9 Å². The number of nitrogens with one attached hydrogen (secondary N) is 1. The third-order valence-corrected chi connectivity index (χ3v) is 3.98. The lowest BCUT2D eigenvalue weighted by molar-refractivity contribution is 0.114. The van der Waals surface area contributed by atoms with Crippen molar-refractivity contribution in [2.24, 2.45) is 5.73 Å². The van der Waals surface area contributed by atoms with Gasteiger partial charge in [0.1, 0.15) is 0 Å². The first-order chi connectivity index (χ1) is 9.63. The average Bonchev–Trinajstić information content (AvgIpc) is 2.48. The first kappa shape index (κ1) is 14.8. The molecule has 0 radical (unpaired) electrons. The van der Waals surface area contributed by atoms with Crippen molar-refractivity contribution in [3.8, 4) is 0 Å². The van der Waals surface area contributed by atoms with Crippen LogP contribution in [-0.4, -0.2) is 48.6 Å². The largest absolute Gasteiger partial charge is 0.326 e. The number of amides is 2. The fourth-order valence-corrected chi connectivity index (χ4v) is 2.50. The molecule has 0 saturated carbocycles. The van der Waals surface area contributed by atoms with Crippen LogP contribution in [0, 0.1) is 0 Å². The molecule has 5 heteroatoms. The van der Waals surface area contributed by atoms with E-state index in [1.807, 2.05) is 29.2 Å².